The first-order valence-corrected chi connectivity index (χ1v) is 10.9. The lowest BCUT2D eigenvalue weighted by molar-refractivity contribution is 0.291. The molecule has 3 aromatic rings. The van der Waals surface area contributed by atoms with Crippen LogP contribution in [0.1, 0.15) is 58.4 Å². The number of hydrogen-bond donors (Lipinski definition) is 0. The van der Waals surface area contributed by atoms with Crippen LogP contribution in [0.2, 0.25) is 0 Å². The number of hydrogen-bond acceptors (Lipinski definition) is 1. The van der Waals surface area contributed by atoms with E-state index >= 15 is 0 Å². The fraction of sp³-hybridized carbons (Fsp3) is 0.276. The maximum Gasteiger partial charge on any atom is 0.360 e. The largest absolute Gasteiger partial charge is 0.461 e. The van der Waals surface area contributed by atoms with Crippen LogP contribution in [0.15, 0.2) is 83.0 Å². The van der Waals surface area contributed by atoms with E-state index in [9.17, 15) is 0 Å². The molecule has 31 heavy (non-hydrogen) atoms. The van der Waals surface area contributed by atoms with Gasteiger partial charge in [0.2, 0.25) is 0 Å². The lowest BCUT2D eigenvalue weighted by atomic mass is 9.89. The minimum Gasteiger partial charge on any atom is -0.461 e. The van der Waals surface area contributed by atoms with Crippen molar-refractivity contribution >= 4 is 22.6 Å². The quantitative estimate of drug-likeness (QED) is 0.394. The molecule has 2 heteroatoms. The molecule has 2 heterocycles. The highest BCUT2D eigenvalue weighted by molar-refractivity contribution is 5.88. The lowest BCUT2D eigenvalue weighted by Crippen LogP contribution is -2.18. The molecule has 1 aromatic heterocycles. The minimum atomic E-state index is -0.0604. The first kappa shape index (κ1) is 21.1. The Morgan fingerprint density at radius 3 is 2.29 bits per heavy atom. The minimum absolute atomic E-state index is 0.0604. The van der Waals surface area contributed by atoms with Gasteiger partial charge in [0, 0.05) is 28.7 Å². The van der Waals surface area contributed by atoms with E-state index < -0.39 is 0 Å². The number of ether oxygens (including phenoxy) is 1. The fourth-order valence-corrected chi connectivity index (χ4v) is 3.59. The Balaban J connectivity index is 1.79. The number of benzene rings is 2. The van der Waals surface area contributed by atoms with Crippen molar-refractivity contribution in [1.29, 1.82) is 0 Å². The Morgan fingerprint density at radius 1 is 0.839 bits per heavy atom. The molecule has 0 spiro atoms. The summed E-state index contributed by atoms with van der Waals surface area (Å²) in [5, 5.41) is 1.11. The summed E-state index contributed by atoms with van der Waals surface area (Å²) in [6, 6.07) is 18.6. The van der Waals surface area contributed by atoms with Gasteiger partial charge in [-0.2, -0.15) is 0 Å². The van der Waals surface area contributed by atoms with Gasteiger partial charge in [-0.3, -0.25) is 0 Å². The van der Waals surface area contributed by atoms with Crippen molar-refractivity contribution in [2.75, 3.05) is 0 Å². The Labute approximate surface area is 185 Å². The summed E-state index contributed by atoms with van der Waals surface area (Å²) in [5.74, 6) is 2.86. The van der Waals surface area contributed by atoms with Crippen molar-refractivity contribution in [3.63, 3.8) is 0 Å². The zero-order valence-electron chi connectivity index (χ0n) is 19.3. The number of allylic oxidation sites excluding steroid dienone is 5. The van der Waals surface area contributed by atoms with Gasteiger partial charge in [0.25, 0.3) is 0 Å². The van der Waals surface area contributed by atoms with Gasteiger partial charge < -0.3 is 4.74 Å². The van der Waals surface area contributed by atoms with Crippen molar-refractivity contribution in [3.05, 3.63) is 95.5 Å². The summed E-state index contributed by atoms with van der Waals surface area (Å²) in [6.07, 6.45) is 8.62. The summed E-state index contributed by atoms with van der Waals surface area (Å²) in [6.45, 7) is 13.0. The molecule has 2 aromatic carbocycles. The highest BCUT2D eigenvalue weighted by Gasteiger charge is 2.28. The monoisotopic (exact) mass is 411 g/mol. The normalized spacial score (nSPS) is 15.8. The third-order valence-corrected chi connectivity index (χ3v) is 5.44. The van der Waals surface area contributed by atoms with Gasteiger partial charge in [-0.1, -0.05) is 69.3 Å². The van der Waals surface area contributed by atoms with Gasteiger partial charge in [0.15, 0.2) is 0 Å². The standard InChI is InChI=1S/C29H31O2/c1-28(2,3)26-18-20(22-14-7-9-16-24(22)30-26)12-11-13-21-19-27(29(4,5)6)31-25-17-10-8-15-23(21)25/h7-19H,1-6H3/q+1. The van der Waals surface area contributed by atoms with Crippen LogP contribution < -0.4 is 4.74 Å². The SMILES string of the molecule is CC(C)(C)C1=C/C(=C\C=C\c2cc(C(C)(C)C)[o+]c3ccccc23)c2ccccc2O1. The highest BCUT2D eigenvalue weighted by Crippen LogP contribution is 2.39. The Kier molecular flexibility index (Phi) is 5.35. The van der Waals surface area contributed by atoms with Crippen LogP contribution in [0.25, 0.3) is 22.6 Å². The van der Waals surface area contributed by atoms with Gasteiger partial charge in [-0.15, -0.1) is 0 Å². The van der Waals surface area contributed by atoms with Crippen LogP contribution in [0.3, 0.4) is 0 Å². The first-order valence-electron chi connectivity index (χ1n) is 10.9. The zero-order valence-corrected chi connectivity index (χ0v) is 19.3. The molecule has 0 bridgehead atoms. The number of fused-ring (bicyclic) bond motifs is 2. The molecule has 0 N–H and O–H groups in total. The maximum atomic E-state index is 6.19. The van der Waals surface area contributed by atoms with Crippen LogP contribution in [0, 0.1) is 5.41 Å². The van der Waals surface area contributed by atoms with Crippen LogP contribution in [0.4, 0.5) is 0 Å². The predicted octanol–water partition coefficient (Wildman–Crippen LogP) is 8.43. The molecule has 1 aliphatic rings. The Morgan fingerprint density at radius 2 is 1.55 bits per heavy atom. The Bertz CT molecular complexity index is 1210. The van der Waals surface area contributed by atoms with Crippen LogP contribution >= 0.6 is 0 Å². The van der Waals surface area contributed by atoms with Crippen molar-refractivity contribution < 1.29 is 9.15 Å². The van der Waals surface area contributed by atoms with Crippen LogP contribution in [-0.2, 0) is 5.41 Å². The van der Waals surface area contributed by atoms with Gasteiger partial charge in [-0.05, 0) is 44.6 Å². The molecular formula is C29H31O2+. The van der Waals surface area contributed by atoms with Crippen molar-refractivity contribution in [3.8, 4) is 5.75 Å². The van der Waals surface area contributed by atoms with Crippen molar-refractivity contribution in [2.24, 2.45) is 5.41 Å². The van der Waals surface area contributed by atoms with Gasteiger partial charge in [-0.25, -0.2) is 4.42 Å². The van der Waals surface area contributed by atoms with Gasteiger partial charge >= 0.3 is 11.3 Å². The van der Waals surface area contributed by atoms with E-state index in [1.54, 1.807) is 0 Å². The second kappa shape index (κ2) is 7.85. The third-order valence-electron chi connectivity index (χ3n) is 5.44. The Hall–Kier alpha value is -3.13. The summed E-state index contributed by atoms with van der Waals surface area (Å²) in [7, 11) is 0. The van der Waals surface area contributed by atoms with Crippen molar-refractivity contribution in [2.45, 2.75) is 47.0 Å². The third kappa shape index (κ3) is 4.49. The van der Waals surface area contributed by atoms with E-state index in [1.165, 1.54) is 0 Å². The molecule has 0 atom stereocenters. The molecule has 0 fully saturated rings. The second-order valence-corrected chi connectivity index (χ2v) is 10.2. The topological polar surface area (TPSA) is 20.5 Å². The highest BCUT2D eigenvalue weighted by atomic mass is 16.5. The van der Waals surface area contributed by atoms with E-state index in [1.807, 2.05) is 24.3 Å². The molecule has 0 amide bonds. The molecule has 2 nitrogen and oxygen atoms in total. The molecule has 1 aliphatic heterocycles. The molecule has 0 radical (unpaired) electrons. The predicted molar refractivity (Wildman–Crippen MR) is 131 cm³/mol. The van der Waals surface area contributed by atoms with E-state index in [4.69, 9.17) is 9.15 Å². The first-order chi connectivity index (χ1) is 14.6. The number of para-hydroxylation sites is 2. The molecular weight excluding hydrogens is 380 g/mol. The fourth-order valence-electron chi connectivity index (χ4n) is 3.59. The van der Waals surface area contributed by atoms with Crippen molar-refractivity contribution in [1.82, 2.24) is 0 Å². The lowest BCUT2D eigenvalue weighted by Gasteiger charge is -2.28. The zero-order chi connectivity index (χ0) is 22.2. The molecule has 4 rings (SSSR count). The summed E-state index contributed by atoms with van der Waals surface area (Å²) < 4.78 is 12.4. The maximum absolute atomic E-state index is 6.19. The van der Waals surface area contributed by atoms with E-state index in [-0.39, 0.29) is 10.8 Å². The van der Waals surface area contributed by atoms with Gasteiger partial charge in [0.1, 0.15) is 11.5 Å². The van der Waals surface area contributed by atoms with E-state index in [0.717, 1.165) is 44.9 Å². The molecule has 158 valence electrons. The number of rotatable bonds is 2. The smallest absolute Gasteiger partial charge is 0.360 e. The summed E-state index contributed by atoms with van der Waals surface area (Å²) in [4.78, 5) is 0. The van der Waals surface area contributed by atoms with E-state index in [2.05, 4.69) is 96.2 Å². The van der Waals surface area contributed by atoms with Crippen LogP contribution in [-0.4, -0.2) is 0 Å². The summed E-state index contributed by atoms with van der Waals surface area (Å²) >= 11 is 0. The summed E-state index contributed by atoms with van der Waals surface area (Å²) in [5.41, 5.74) is 4.22. The molecule has 0 unspecified atom stereocenters. The molecule has 0 saturated carbocycles. The molecule has 0 saturated heterocycles. The van der Waals surface area contributed by atoms with E-state index in [0.29, 0.717) is 0 Å². The average molecular weight is 412 g/mol. The second-order valence-electron chi connectivity index (χ2n) is 10.2. The average Bonchev–Trinajstić information content (AvgIpc) is 2.72. The van der Waals surface area contributed by atoms with Gasteiger partial charge in [0.05, 0.1) is 10.8 Å². The molecule has 0 aliphatic carbocycles. The van der Waals surface area contributed by atoms with Crippen LogP contribution in [0.5, 0.6) is 5.75 Å².